The van der Waals surface area contributed by atoms with Gasteiger partial charge in [0.25, 0.3) is 0 Å². The summed E-state index contributed by atoms with van der Waals surface area (Å²) in [5.41, 5.74) is 0.934. The van der Waals surface area contributed by atoms with E-state index in [0.717, 1.165) is 5.56 Å². The number of nitrogens with zero attached hydrogens (tertiary/aromatic N) is 1. The van der Waals surface area contributed by atoms with Crippen molar-refractivity contribution < 1.29 is 14.7 Å². The van der Waals surface area contributed by atoms with Crippen molar-refractivity contribution in [3.8, 4) is 0 Å². The van der Waals surface area contributed by atoms with E-state index in [-0.39, 0.29) is 18.4 Å². The monoisotopic (exact) mass is 282 g/mol. The van der Waals surface area contributed by atoms with Crippen LogP contribution >= 0.6 is 11.6 Å². The molecule has 1 saturated heterocycles. The van der Waals surface area contributed by atoms with E-state index >= 15 is 0 Å². The van der Waals surface area contributed by atoms with E-state index in [1.807, 2.05) is 12.1 Å². The number of carbonyl (C=O) groups excluding carboxylic acids is 1. The standard InChI is InChI=1S/C13H15ClN2O3/c14-11-3-1-2-9(4-11)6-15-13(19)16-7-10(8-16)5-12(17)18/h1-4,10H,5-8H2,(H,15,19)(H,17,18). The lowest BCUT2D eigenvalue weighted by atomic mass is 9.97. The molecule has 1 aliphatic rings. The molecule has 0 saturated carbocycles. The second-order valence-electron chi connectivity index (χ2n) is 4.66. The van der Waals surface area contributed by atoms with Crippen LogP contribution in [0.4, 0.5) is 4.79 Å². The van der Waals surface area contributed by atoms with E-state index < -0.39 is 5.97 Å². The number of aliphatic carboxylic acids is 1. The fourth-order valence-corrected chi connectivity index (χ4v) is 2.26. The van der Waals surface area contributed by atoms with Crippen molar-refractivity contribution in [2.24, 2.45) is 5.92 Å². The number of benzene rings is 1. The van der Waals surface area contributed by atoms with Gasteiger partial charge in [-0.15, -0.1) is 0 Å². The lowest BCUT2D eigenvalue weighted by Crippen LogP contribution is -2.54. The molecule has 1 heterocycles. The molecule has 0 atom stereocenters. The van der Waals surface area contributed by atoms with Crippen molar-refractivity contribution in [2.75, 3.05) is 13.1 Å². The summed E-state index contributed by atoms with van der Waals surface area (Å²) in [5.74, 6) is -0.738. The summed E-state index contributed by atoms with van der Waals surface area (Å²) < 4.78 is 0. The first-order valence-electron chi connectivity index (χ1n) is 6.03. The Balaban J connectivity index is 1.73. The number of carboxylic acids is 1. The minimum atomic E-state index is -0.816. The minimum Gasteiger partial charge on any atom is -0.481 e. The number of carbonyl (C=O) groups is 2. The number of likely N-dealkylation sites (tertiary alicyclic amines) is 1. The van der Waals surface area contributed by atoms with Gasteiger partial charge in [-0.25, -0.2) is 4.79 Å². The average Bonchev–Trinajstić information content (AvgIpc) is 2.30. The van der Waals surface area contributed by atoms with Crippen molar-refractivity contribution in [3.05, 3.63) is 34.9 Å². The number of nitrogens with one attached hydrogen (secondary N) is 1. The Bertz CT molecular complexity index is 487. The van der Waals surface area contributed by atoms with Gasteiger partial charge in [0.1, 0.15) is 0 Å². The highest BCUT2D eigenvalue weighted by Gasteiger charge is 2.31. The van der Waals surface area contributed by atoms with Crippen molar-refractivity contribution in [1.82, 2.24) is 10.2 Å². The maximum absolute atomic E-state index is 11.7. The molecular weight excluding hydrogens is 268 g/mol. The highest BCUT2D eigenvalue weighted by atomic mass is 35.5. The number of amides is 2. The number of urea groups is 1. The summed E-state index contributed by atoms with van der Waals surface area (Å²) in [6, 6.07) is 7.12. The van der Waals surface area contributed by atoms with E-state index in [2.05, 4.69) is 5.32 Å². The van der Waals surface area contributed by atoms with Gasteiger partial charge in [-0.2, -0.15) is 0 Å². The third-order valence-electron chi connectivity index (χ3n) is 3.04. The first-order valence-corrected chi connectivity index (χ1v) is 6.41. The molecule has 102 valence electrons. The molecule has 0 aliphatic carbocycles. The van der Waals surface area contributed by atoms with Crippen LogP contribution in [-0.4, -0.2) is 35.1 Å². The topological polar surface area (TPSA) is 69.6 Å². The van der Waals surface area contributed by atoms with E-state index in [1.54, 1.807) is 17.0 Å². The largest absolute Gasteiger partial charge is 0.481 e. The van der Waals surface area contributed by atoms with Crippen LogP contribution in [0.1, 0.15) is 12.0 Å². The first-order chi connectivity index (χ1) is 9.04. The molecule has 0 bridgehead atoms. The molecule has 6 heteroatoms. The summed E-state index contributed by atoms with van der Waals surface area (Å²) in [4.78, 5) is 23.8. The molecule has 1 aliphatic heterocycles. The van der Waals surface area contributed by atoms with Crippen LogP contribution in [0, 0.1) is 5.92 Å². The van der Waals surface area contributed by atoms with Gasteiger partial charge in [0.2, 0.25) is 0 Å². The summed E-state index contributed by atoms with van der Waals surface area (Å²) in [5, 5.41) is 12.0. The maximum Gasteiger partial charge on any atom is 0.317 e. The summed E-state index contributed by atoms with van der Waals surface area (Å²) in [6.45, 7) is 1.43. The van der Waals surface area contributed by atoms with Gasteiger partial charge >= 0.3 is 12.0 Å². The normalized spacial score (nSPS) is 14.9. The molecule has 1 aromatic rings. The van der Waals surface area contributed by atoms with Gasteiger partial charge in [-0.1, -0.05) is 23.7 Å². The third kappa shape index (κ3) is 3.86. The minimum absolute atomic E-state index is 0.0782. The van der Waals surface area contributed by atoms with E-state index in [1.165, 1.54) is 0 Å². The Morgan fingerprint density at radius 3 is 2.79 bits per heavy atom. The molecule has 19 heavy (non-hydrogen) atoms. The quantitative estimate of drug-likeness (QED) is 0.887. The molecule has 5 nitrogen and oxygen atoms in total. The van der Waals surface area contributed by atoms with Gasteiger partial charge in [0.05, 0.1) is 6.42 Å². The van der Waals surface area contributed by atoms with Crippen LogP contribution in [0.3, 0.4) is 0 Å². The van der Waals surface area contributed by atoms with E-state index in [4.69, 9.17) is 16.7 Å². The highest BCUT2D eigenvalue weighted by molar-refractivity contribution is 6.30. The van der Waals surface area contributed by atoms with Gasteiger partial charge < -0.3 is 15.3 Å². The van der Waals surface area contributed by atoms with Crippen LogP contribution < -0.4 is 5.32 Å². The molecular formula is C13H15ClN2O3. The Morgan fingerprint density at radius 2 is 2.16 bits per heavy atom. The summed E-state index contributed by atoms with van der Waals surface area (Å²) >= 11 is 5.85. The van der Waals surface area contributed by atoms with Gasteiger partial charge in [-0.05, 0) is 17.7 Å². The zero-order valence-electron chi connectivity index (χ0n) is 10.3. The average molecular weight is 283 g/mol. The Hall–Kier alpha value is -1.75. The molecule has 2 N–H and O–H groups in total. The maximum atomic E-state index is 11.7. The molecule has 0 unspecified atom stereocenters. The summed E-state index contributed by atoms with van der Waals surface area (Å²) in [6.07, 6.45) is 0.123. The third-order valence-corrected chi connectivity index (χ3v) is 3.28. The Labute approximate surface area is 116 Å². The fraction of sp³-hybridized carbons (Fsp3) is 0.385. The molecule has 1 aromatic carbocycles. The first kappa shape index (κ1) is 13.7. The van der Waals surface area contributed by atoms with Crippen LogP contribution in [-0.2, 0) is 11.3 Å². The predicted molar refractivity (Wildman–Crippen MR) is 71.0 cm³/mol. The lowest BCUT2D eigenvalue weighted by Gasteiger charge is -2.38. The van der Waals surface area contributed by atoms with E-state index in [9.17, 15) is 9.59 Å². The number of rotatable bonds is 4. The number of hydrogen-bond acceptors (Lipinski definition) is 2. The molecule has 0 spiro atoms. The van der Waals surface area contributed by atoms with Crippen molar-refractivity contribution in [2.45, 2.75) is 13.0 Å². The summed E-state index contributed by atoms with van der Waals surface area (Å²) in [7, 11) is 0. The zero-order chi connectivity index (χ0) is 13.8. The van der Waals surface area contributed by atoms with Gasteiger partial charge in [-0.3, -0.25) is 4.79 Å². The molecule has 0 aromatic heterocycles. The molecule has 1 fully saturated rings. The molecule has 0 radical (unpaired) electrons. The number of carboxylic acid groups (broad SMARTS) is 1. The zero-order valence-corrected chi connectivity index (χ0v) is 11.1. The van der Waals surface area contributed by atoms with Crippen molar-refractivity contribution in [1.29, 1.82) is 0 Å². The number of halogens is 1. The van der Waals surface area contributed by atoms with Crippen LogP contribution in [0.25, 0.3) is 0 Å². The molecule has 2 rings (SSSR count). The van der Waals surface area contributed by atoms with Gasteiger partial charge in [0.15, 0.2) is 0 Å². The Morgan fingerprint density at radius 1 is 1.42 bits per heavy atom. The Kier molecular flexibility index (Phi) is 4.27. The molecule has 2 amide bonds. The predicted octanol–water partition coefficient (Wildman–Crippen LogP) is 1.96. The second-order valence-corrected chi connectivity index (χ2v) is 5.09. The smallest absolute Gasteiger partial charge is 0.317 e. The van der Waals surface area contributed by atoms with Crippen LogP contribution in [0.5, 0.6) is 0 Å². The number of hydrogen-bond donors (Lipinski definition) is 2. The van der Waals surface area contributed by atoms with Crippen molar-refractivity contribution in [3.63, 3.8) is 0 Å². The van der Waals surface area contributed by atoms with Gasteiger partial charge in [0, 0.05) is 30.6 Å². The van der Waals surface area contributed by atoms with E-state index in [0.29, 0.717) is 24.7 Å². The lowest BCUT2D eigenvalue weighted by molar-refractivity contribution is -0.139. The van der Waals surface area contributed by atoms with Crippen LogP contribution in [0.15, 0.2) is 24.3 Å². The SMILES string of the molecule is O=C(O)CC1CN(C(=O)NCc2cccc(Cl)c2)C1. The highest BCUT2D eigenvalue weighted by Crippen LogP contribution is 2.19. The fourth-order valence-electron chi connectivity index (χ4n) is 2.05. The second kappa shape index (κ2) is 5.93. The van der Waals surface area contributed by atoms with Crippen LogP contribution in [0.2, 0.25) is 5.02 Å². The van der Waals surface area contributed by atoms with Crippen molar-refractivity contribution >= 4 is 23.6 Å².